The minimum Gasteiger partial charge on any atom is -0.326 e. The van der Waals surface area contributed by atoms with Crippen molar-refractivity contribution in [3.05, 3.63) is 28.2 Å². The molecule has 1 heterocycles. The molecule has 0 saturated carbocycles. The van der Waals surface area contributed by atoms with Crippen LogP contribution < -0.4 is 10.6 Å². The third kappa shape index (κ3) is 3.82. The Morgan fingerprint density at radius 2 is 2.16 bits per heavy atom. The summed E-state index contributed by atoms with van der Waals surface area (Å²) in [6.07, 6.45) is 0.0525. The Kier molecular flexibility index (Phi) is 4.67. The molecule has 0 aliphatic carbocycles. The van der Waals surface area contributed by atoms with E-state index in [0.29, 0.717) is 20.1 Å². The summed E-state index contributed by atoms with van der Waals surface area (Å²) in [7, 11) is 0. The number of carbonyl (C=O) groups excluding carboxylic acids is 2. The van der Waals surface area contributed by atoms with Crippen LogP contribution in [0.3, 0.4) is 0 Å². The van der Waals surface area contributed by atoms with Gasteiger partial charge in [0.2, 0.25) is 11.8 Å². The molecule has 1 saturated heterocycles. The highest BCUT2D eigenvalue weighted by Crippen LogP contribution is 2.26. The fourth-order valence-electron chi connectivity index (χ4n) is 1.48. The monoisotopic (exact) mass is 334 g/mol. The van der Waals surface area contributed by atoms with E-state index in [1.165, 1.54) is 11.8 Å². The molecule has 2 N–H and O–H groups in total. The number of carbonyl (C=O) groups is 2. The molecule has 0 radical (unpaired) electrons. The Balaban J connectivity index is 1.96. The fraction of sp³-hybridized carbons (Fsp3) is 0.182. The van der Waals surface area contributed by atoms with Gasteiger partial charge < -0.3 is 10.6 Å². The van der Waals surface area contributed by atoms with Crippen molar-refractivity contribution in [1.82, 2.24) is 5.32 Å². The number of halogens is 2. The number of thioether (sulfide) groups is 1. The van der Waals surface area contributed by atoms with Crippen molar-refractivity contribution in [2.24, 2.45) is 0 Å². The summed E-state index contributed by atoms with van der Waals surface area (Å²) >= 11 is 17.7. The molecule has 8 heteroatoms. The van der Waals surface area contributed by atoms with Crippen LogP contribution in [0.4, 0.5) is 5.69 Å². The van der Waals surface area contributed by atoms with Crippen molar-refractivity contribution in [3.63, 3.8) is 0 Å². The van der Waals surface area contributed by atoms with Gasteiger partial charge in [0.1, 0.15) is 4.32 Å². The van der Waals surface area contributed by atoms with E-state index in [4.69, 9.17) is 35.4 Å². The van der Waals surface area contributed by atoms with Gasteiger partial charge in [0.25, 0.3) is 0 Å². The summed E-state index contributed by atoms with van der Waals surface area (Å²) < 4.78 is 0.400. The van der Waals surface area contributed by atoms with Crippen molar-refractivity contribution in [1.29, 1.82) is 0 Å². The molecule has 19 heavy (non-hydrogen) atoms. The van der Waals surface area contributed by atoms with Gasteiger partial charge in [-0.15, -0.1) is 0 Å². The van der Waals surface area contributed by atoms with Crippen molar-refractivity contribution in [2.75, 3.05) is 5.32 Å². The molecule has 100 valence electrons. The van der Waals surface area contributed by atoms with E-state index in [0.717, 1.165) is 0 Å². The van der Waals surface area contributed by atoms with Crippen molar-refractivity contribution < 1.29 is 9.59 Å². The molecule has 0 aromatic heterocycles. The van der Waals surface area contributed by atoms with Gasteiger partial charge in [0.05, 0.1) is 15.3 Å². The van der Waals surface area contributed by atoms with Crippen LogP contribution in [-0.2, 0) is 9.59 Å². The Morgan fingerprint density at radius 1 is 1.42 bits per heavy atom. The van der Waals surface area contributed by atoms with Gasteiger partial charge >= 0.3 is 0 Å². The van der Waals surface area contributed by atoms with Crippen LogP contribution >= 0.6 is 47.2 Å². The molecule has 1 aliphatic heterocycles. The Morgan fingerprint density at radius 3 is 2.74 bits per heavy atom. The second-order valence-corrected chi connectivity index (χ2v) is 6.46. The van der Waals surface area contributed by atoms with Gasteiger partial charge in [-0.1, -0.05) is 47.2 Å². The highest BCUT2D eigenvalue weighted by atomic mass is 35.5. The van der Waals surface area contributed by atoms with Crippen molar-refractivity contribution >= 4 is 69.0 Å². The lowest BCUT2D eigenvalue weighted by atomic mass is 10.2. The van der Waals surface area contributed by atoms with E-state index < -0.39 is 5.25 Å². The summed E-state index contributed by atoms with van der Waals surface area (Å²) in [6, 6.07) is 4.78. The van der Waals surface area contributed by atoms with Gasteiger partial charge in [-0.25, -0.2) is 0 Å². The smallest absolute Gasteiger partial charge is 0.239 e. The van der Waals surface area contributed by atoms with E-state index >= 15 is 0 Å². The molecule has 1 unspecified atom stereocenters. The van der Waals surface area contributed by atoms with Crippen molar-refractivity contribution in [3.8, 4) is 0 Å². The molecule has 1 fully saturated rings. The lowest BCUT2D eigenvalue weighted by Crippen LogP contribution is -2.27. The number of amides is 2. The van der Waals surface area contributed by atoms with Crippen LogP contribution in [-0.4, -0.2) is 21.4 Å². The van der Waals surface area contributed by atoms with Crippen LogP contribution in [0.1, 0.15) is 6.42 Å². The predicted molar refractivity (Wildman–Crippen MR) is 81.8 cm³/mol. The largest absolute Gasteiger partial charge is 0.326 e. The molecule has 4 nitrogen and oxygen atoms in total. The van der Waals surface area contributed by atoms with Gasteiger partial charge in [-0.3, -0.25) is 9.59 Å². The average Bonchev–Trinajstić information content (AvgIpc) is 2.62. The molecular formula is C11H8Cl2N2O2S2. The first-order chi connectivity index (χ1) is 8.95. The average molecular weight is 335 g/mol. The first-order valence-electron chi connectivity index (χ1n) is 5.22. The third-order valence-corrected chi connectivity index (χ3v) is 4.45. The van der Waals surface area contributed by atoms with Crippen LogP contribution in [0.2, 0.25) is 10.0 Å². The topological polar surface area (TPSA) is 58.2 Å². The summed E-state index contributed by atoms with van der Waals surface area (Å²) in [6.45, 7) is 0. The Bertz CT molecular complexity index is 566. The van der Waals surface area contributed by atoms with Crippen LogP contribution in [0.15, 0.2) is 18.2 Å². The number of hydrogen-bond donors (Lipinski definition) is 2. The Hall–Kier alpha value is -0.820. The van der Waals surface area contributed by atoms with Crippen LogP contribution in [0.5, 0.6) is 0 Å². The normalized spacial score (nSPS) is 18.3. The summed E-state index contributed by atoms with van der Waals surface area (Å²) in [5.74, 6) is -0.518. The fourth-order valence-corrected chi connectivity index (χ4v) is 3.05. The van der Waals surface area contributed by atoms with Crippen molar-refractivity contribution in [2.45, 2.75) is 11.7 Å². The van der Waals surface area contributed by atoms with E-state index in [1.54, 1.807) is 18.2 Å². The number of benzene rings is 1. The number of hydrogen-bond acceptors (Lipinski definition) is 4. The minimum absolute atomic E-state index is 0.0525. The quantitative estimate of drug-likeness (QED) is 0.834. The zero-order valence-electron chi connectivity index (χ0n) is 9.41. The first kappa shape index (κ1) is 14.6. The Labute approximate surface area is 129 Å². The highest BCUT2D eigenvalue weighted by Gasteiger charge is 2.30. The zero-order valence-corrected chi connectivity index (χ0v) is 12.6. The molecule has 2 rings (SSSR count). The molecule has 1 aromatic carbocycles. The molecule has 1 atom stereocenters. The zero-order chi connectivity index (χ0) is 14.0. The number of thiocarbonyl (C=S) groups is 1. The molecule has 0 bridgehead atoms. The van der Waals surface area contributed by atoms with E-state index in [2.05, 4.69) is 10.6 Å². The van der Waals surface area contributed by atoms with Crippen LogP contribution in [0.25, 0.3) is 0 Å². The second-order valence-electron chi connectivity index (χ2n) is 3.76. The van der Waals surface area contributed by atoms with Crippen LogP contribution in [0, 0.1) is 0 Å². The summed E-state index contributed by atoms with van der Waals surface area (Å²) in [5, 5.41) is 5.43. The molecule has 2 amide bonds. The maximum atomic E-state index is 11.8. The molecule has 1 aliphatic rings. The summed E-state index contributed by atoms with van der Waals surface area (Å²) in [4.78, 5) is 23.2. The SMILES string of the molecule is O=C(CC1SC(=S)NC1=O)Nc1ccc(Cl)c(Cl)c1. The summed E-state index contributed by atoms with van der Waals surface area (Å²) in [5.41, 5.74) is 0.533. The lowest BCUT2D eigenvalue weighted by Gasteiger charge is -2.08. The van der Waals surface area contributed by atoms with Gasteiger partial charge in [0, 0.05) is 12.1 Å². The number of rotatable bonds is 3. The van der Waals surface area contributed by atoms with Gasteiger partial charge in [-0.05, 0) is 18.2 Å². The van der Waals surface area contributed by atoms with Gasteiger partial charge in [0.15, 0.2) is 0 Å². The van der Waals surface area contributed by atoms with E-state index in [1.807, 2.05) is 0 Å². The second kappa shape index (κ2) is 6.09. The molecule has 1 aromatic rings. The minimum atomic E-state index is -0.477. The lowest BCUT2D eigenvalue weighted by molar-refractivity contribution is -0.122. The van der Waals surface area contributed by atoms with E-state index in [9.17, 15) is 9.59 Å². The maximum Gasteiger partial charge on any atom is 0.239 e. The molecule has 0 spiro atoms. The predicted octanol–water partition coefficient (Wildman–Crippen LogP) is 2.84. The number of anilines is 1. The highest BCUT2D eigenvalue weighted by molar-refractivity contribution is 8.24. The standard InChI is InChI=1S/C11H8Cl2N2O2S2/c12-6-2-1-5(3-7(6)13)14-9(16)4-8-10(17)15-11(18)19-8/h1-3,8H,4H2,(H,14,16)(H,15,17,18). The first-order valence-corrected chi connectivity index (χ1v) is 7.26. The maximum absolute atomic E-state index is 11.8. The van der Waals surface area contributed by atoms with Gasteiger partial charge in [-0.2, -0.15) is 0 Å². The number of nitrogens with one attached hydrogen (secondary N) is 2. The third-order valence-electron chi connectivity index (χ3n) is 2.34. The van der Waals surface area contributed by atoms with E-state index in [-0.39, 0.29) is 18.2 Å². The molecular weight excluding hydrogens is 327 g/mol.